The van der Waals surface area contributed by atoms with Crippen molar-refractivity contribution in [3.63, 3.8) is 0 Å². The first-order valence-electron chi connectivity index (χ1n) is 17.4. The maximum atomic E-state index is 14.5. The quantitative estimate of drug-likeness (QED) is 0.195. The van der Waals surface area contributed by atoms with Gasteiger partial charge >= 0.3 is 5.97 Å². The third-order valence-electron chi connectivity index (χ3n) is 12.5. The van der Waals surface area contributed by atoms with Crippen molar-refractivity contribution in [2.24, 2.45) is 22.7 Å². The van der Waals surface area contributed by atoms with Gasteiger partial charge < -0.3 is 40.3 Å². The highest BCUT2D eigenvalue weighted by Crippen LogP contribution is 2.59. The number of aliphatic hydroxyl groups excluding tert-OH is 3. The van der Waals surface area contributed by atoms with Crippen molar-refractivity contribution in [3.8, 4) is 0 Å². The lowest BCUT2D eigenvalue weighted by molar-refractivity contribution is -0.316. The molecular weight excluding hydrogens is 642 g/mol. The van der Waals surface area contributed by atoms with E-state index in [9.17, 15) is 39.9 Å². The zero-order valence-corrected chi connectivity index (χ0v) is 29.2. The normalized spacial score (nSPS) is 37.7. The molecule has 0 radical (unpaired) electrons. The highest BCUT2D eigenvalue weighted by Gasteiger charge is 2.69. The molecule has 1 saturated heterocycles. The lowest BCUT2D eigenvalue weighted by Crippen LogP contribution is -2.74. The Morgan fingerprint density at radius 3 is 2.18 bits per heavy atom. The van der Waals surface area contributed by atoms with Crippen molar-refractivity contribution in [2.75, 3.05) is 6.61 Å². The molecule has 2 bridgehead atoms. The number of fused-ring (bicyclic) bond motifs is 5. The van der Waals surface area contributed by atoms with Gasteiger partial charge in [0.05, 0.1) is 35.9 Å². The summed E-state index contributed by atoms with van der Waals surface area (Å²) >= 11 is 0. The molecule has 4 aliphatic rings. The number of aliphatic hydroxyl groups is 5. The van der Waals surface area contributed by atoms with Gasteiger partial charge in [0.25, 0.3) is 5.91 Å². The van der Waals surface area contributed by atoms with Gasteiger partial charge in [0, 0.05) is 29.7 Å². The number of hydrogen-bond acceptors (Lipinski definition) is 10. The number of rotatable bonds is 6. The second kappa shape index (κ2) is 13.0. The van der Waals surface area contributed by atoms with Crippen molar-refractivity contribution in [1.29, 1.82) is 0 Å². The molecule has 11 nitrogen and oxygen atoms in total. The first-order chi connectivity index (χ1) is 23.5. The van der Waals surface area contributed by atoms with Crippen molar-refractivity contribution < 1.29 is 49.4 Å². The van der Waals surface area contributed by atoms with E-state index < -0.39 is 82.2 Å². The zero-order chi connectivity index (χ0) is 36.4. The molecule has 2 saturated carbocycles. The fourth-order valence-electron chi connectivity index (χ4n) is 9.26. The molecule has 2 aromatic carbocycles. The van der Waals surface area contributed by atoms with Gasteiger partial charge in [0.1, 0.15) is 17.8 Å². The smallest absolute Gasteiger partial charge is 0.338 e. The Kier molecular flexibility index (Phi) is 9.41. The van der Waals surface area contributed by atoms with Crippen LogP contribution in [0, 0.1) is 22.7 Å². The van der Waals surface area contributed by atoms with E-state index in [4.69, 9.17) is 9.47 Å². The molecule has 50 heavy (non-hydrogen) atoms. The van der Waals surface area contributed by atoms with E-state index in [0.717, 1.165) is 0 Å². The fourth-order valence-corrected chi connectivity index (χ4v) is 9.26. The fraction of sp³-hybridized carbons (Fsp3) is 0.564. The summed E-state index contributed by atoms with van der Waals surface area (Å²) in [6, 6.07) is 15.7. The average Bonchev–Trinajstić information content (AvgIpc) is 3.08. The second-order valence-corrected chi connectivity index (χ2v) is 15.7. The van der Waals surface area contributed by atoms with E-state index in [-0.39, 0.29) is 43.8 Å². The van der Waals surface area contributed by atoms with E-state index in [1.165, 1.54) is 0 Å². The minimum absolute atomic E-state index is 0.00829. The molecule has 1 aliphatic heterocycles. The van der Waals surface area contributed by atoms with Gasteiger partial charge in [-0.15, -0.1) is 0 Å². The number of ether oxygens (including phenoxy) is 2. The monoisotopic (exact) mass is 691 g/mol. The summed E-state index contributed by atoms with van der Waals surface area (Å²) in [6.45, 7) is 8.62. The molecule has 11 atom stereocenters. The Hall–Kier alpha value is -3.45. The standard InChI is InChI=1S/C39H49NO10/c1-21-16-26-37(5,27(41)17-28-39(26,48)20-49-28)33(44)31(42)29-22(2)25(19-38(47,18-21)36(29,3)4)50-35(46)32(43)30(23-12-8-6-9-13-23)40-34(45)24-14-10-7-11-15-24/h6-15,21,25-28,30-32,41-43,47-48H,16-20H2,1-5H3,(H,40,45). The number of benzene rings is 2. The van der Waals surface area contributed by atoms with Crippen molar-refractivity contribution in [1.82, 2.24) is 5.32 Å². The first kappa shape index (κ1) is 36.3. The summed E-state index contributed by atoms with van der Waals surface area (Å²) in [5.41, 5.74) is -4.39. The molecule has 6 rings (SSSR count). The number of amides is 1. The van der Waals surface area contributed by atoms with Crippen LogP contribution in [0.2, 0.25) is 0 Å². The van der Waals surface area contributed by atoms with E-state index in [0.29, 0.717) is 16.7 Å². The molecule has 6 N–H and O–H groups in total. The number of Topliss-reactive ketones (excluding diaryl/α,β-unsaturated/α-hetero) is 1. The molecule has 0 aromatic heterocycles. The minimum atomic E-state index is -1.86. The molecule has 270 valence electrons. The summed E-state index contributed by atoms with van der Waals surface area (Å²) in [4.78, 5) is 41.5. The van der Waals surface area contributed by atoms with Crippen molar-refractivity contribution in [2.45, 2.75) is 108 Å². The van der Waals surface area contributed by atoms with Gasteiger partial charge in [-0.1, -0.05) is 69.3 Å². The highest BCUT2D eigenvalue weighted by molar-refractivity contribution is 5.95. The maximum Gasteiger partial charge on any atom is 0.338 e. The van der Waals surface area contributed by atoms with Crippen LogP contribution >= 0.6 is 0 Å². The molecule has 1 amide bonds. The molecule has 0 spiro atoms. The molecule has 11 unspecified atom stereocenters. The zero-order valence-electron chi connectivity index (χ0n) is 29.2. The van der Waals surface area contributed by atoms with Crippen LogP contribution in [0.3, 0.4) is 0 Å². The maximum absolute atomic E-state index is 14.5. The summed E-state index contributed by atoms with van der Waals surface area (Å²) in [7, 11) is 0. The number of esters is 1. The number of nitrogens with one attached hydrogen (secondary N) is 1. The molecule has 11 heteroatoms. The molecule has 2 aromatic rings. The van der Waals surface area contributed by atoms with Crippen LogP contribution < -0.4 is 5.32 Å². The Balaban J connectivity index is 1.35. The second-order valence-electron chi connectivity index (χ2n) is 15.7. The van der Waals surface area contributed by atoms with Gasteiger partial charge in [-0.25, -0.2) is 4.79 Å². The lowest BCUT2D eigenvalue weighted by Gasteiger charge is -2.62. The SMILES string of the molecule is CC1=C2C(O)C(=O)C3(C)C(O)CC4OCC4(O)C3CC(C)CC(O)(CC1OC(=O)C(O)C(NC(=O)c1ccccc1)c1ccccc1)C2(C)C. The number of ketones is 1. The van der Waals surface area contributed by atoms with Crippen LogP contribution in [0.25, 0.3) is 0 Å². The van der Waals surface area contributed by atoms with Crippen LogP contribution in [0.4, 0.5) is 0 Å². The van der Waals surface area contributed by atoms with E-state index in [1.54, 1.807) is 88.4 Å². The van der Waals surface area contributed by atoms with Crippen LogP contribution in [0.15, 0.2) is 71.8 Å². The molecule has 1 heterocycles. The minimum Gasteiger partial charge on any atom is -0.456 e. The Morgan fingerprint density at radius 1 is 0.960 bits per heavy atom. The summed E-state index contributed by atoms with van der Waals surface area (Å²) < 4.78 is 11.6. The van der Waals surface area contributed by atoms with Gasteiger partial charge in [0.15, 0.2) is 11.9 Å². The molecule has 3 fully saturated rings. The van der Waals surface area contributed by atoms with Crippen molar-refractivity contribution >= 4 is 17.7 Å². The van der Waals surface area contributed by atoms with E-state index in [2.05, 4.69) is 5.32 Å². The summed E-state index contributed by atoms with van der Waals surface area (Å²) in [5.74, 6) is -3.28. The Morgan fingerprint density at radius 2 is 1.58 bits per heavy atom. The Labute approximate surface area is 292 Å². The van der Waals surface area contributed by atoms with Crippen LogP contribution in [-0.2, 0) is 19.1 Å². The van der Waals surface area contributed by atoms with Gasteiger partial charge in [-0.3, -0.25) is 9.59 Å². The predicted molar refractivity (Wildman–Crippen MR) is 181 cm³/mol. The van der Waals surface area contributed by atoms with Gasteiger partial charge in [-0.2, -0.15) is 0 Å². The summed E-state index contributed by atoms with van der Waals surface area (Å²) in [6.07, 6.45) is -6.28. The van der Waals surface area contributed by atoms with Crippen molar-refractivity contribution in [3.05, 3.63) is 82.9 Å². The Bertz CT molecular complexity index is 1660. The molecule has 3 aliphatic carbocycles. The van der Waals surface area contributed by atoms with Gasteiger partial charge in [0.2, 0.25) is 0 Å². The third-order valence-corrected chi connectivity index (χ3v) is 12.5. The first-order valence-corrected chi connectivity index (χ1v) is 17.4. The van der Waals surface area contributed by atoms with Crippen LogP contribution in [0.1, 0.15) is 82.3 Å². The number of carbonyl (C=O) groups excluding carboxylic acids is 3. The average molecular weight is 692 g/mol. The predicted octanol–water partition coefficient (Wildman–Crippen LogP) is 2.78. The van der Waals surface area contributed by atoms with Crippen LogP contribution in [-0.4, -0.2) is 91.5 Å². The van der Waals surface area contributed by atoms with E-state index >= 15 is 0 Å². The topological polar surface area (TPSA) is 183 Å². The van der Waals surface area contributed by atoms with Crippen LogP contribution in [0.5, 0.6) is 0 Å². The lowest BCUT2D eigenvalue weighted by atomic mass is 9.49. The molecular formula is C39H49NO10. The largest absolute Gasteiger partial charge is 0.456 e. The summed E-state index contributed by atoms with van der Waals surface area (Å²) in [5, 5.41) is 61.9. The number of hydrogen-bond donors (Lipinski definition) is 6. The third kappa shape index (κ3) is 5.72. The van der Waals surface area contributed by atoms with E-state index in [1.807, 2.05) is 6.92 Å². The number of carbonyl (C=O) groups is 3. The van der Waals surface area contributed by atoms with Gasteiger partial charge in [-0.05, 0) is 61.4 Å². The highest BCUT2D eigenvalue weighted by atomic mass is 16.6.